The van der Waals surface area contributed by atoms with Crippen LogP contribution in [0.25, 0.3) is 0 Å². The van der Waals surface area contributed by atoms with Crippen molar-refractivity contribution in [3.05, 3.63) is 59.3 Å². The first-order valence-corrected chi connectivity index (χ1v) is 8.68. The summed E-state index contributed by atoms with van der Waals surface area (Å²) in [6.07, 6.45) is 3.83. The van der Waals surface area contributed by atoms with E-state index >= 15 is 0 Å². The Balaban J connectivity index is 1.97. The van der Waals surface area contributed by atoms with Crippen LogP contribution < -0.4 is 10.2 Å². The summed E-state index contributed by atoms with van der Waals surface area (Å²) in [7, 11) is 0. The monoisotopic (exact) mass is 325 g/mol. The summed E-state index contributed by atoms with van der Waals surface area (Å²) in [4.78, 5) is 19.0. The van der Waals surface area contributed by atoms with Crippen molar-refractivity contribution < 1.29 is 4.79 Å². The highest BCUT2D eigenvalue weighted by atomic mass is 16.1. The summed E-state index contributed by atoms with van der Waals surface area (Å²) in [5, 5.41) is 2.95. The molecule has 24 heavy (non-hydrogen) atoms. The van der Waals surface area contributed by atoms with Crippen molar-refractivity contribution in [1.29, 1.82) is 0 Å². The van der Waals surface area contributed by atoms with Gasteiger partial charge in [-0.15, -0.1) is 0 Å². The fourth-order valence-corrected chi connectivity index (χ4v) is 2.69. The van der Waals surface area contributed by atoms with Crippen LogP contribution in [-0.2, 0) is 6.54 Å². The van der Waals surface area contributed by atoms with E-state index < -0.39 is 0 Å². The van der Waals surface area contributed by atoms with Gasteiger partial charge in [-0.25, -0.2) is 4.98 Å². The highest BCUT2D eigenvalue weighted by Gasteiger charge is 2.09. The molecule has 0 atom stereocenters. The SMILES string of the molecule is CCCN(CCC)c1ccc(C(=O)NCc2cccc(C)c2)cn1. The topological polar surface area (TPSA) is 45.2 Å². The average Bonchev–Trinajstić information content (AvgIpc) is 2.60. The first-order chi connectivity index (χ1) is 11.6. The first-order valence-electron chi connectivity index (χ1n) is 8.68. The van der Waals surface area contributed by atoms with Gasteiger partial charge in [0.25, 0.3) is 5.91 Å². The Morgan fingerprint density at radius 2 is 1.88 bits per heavy atom. The smallest absolute Gasteiger partial charge is 0.253 e. The van der Waals surface area contributed by atoms with Crippen molar-refractivity contribution in [2.75, 3.05) is 18.0 Å². The van der Waals surface area contributed by atoms with Crippen molar-refractivity contribution in [3.8, 4) is 0 Å². The first kappa shape index (κ1) is 18.0. The molecule has 0 aliphatic rings. The van der Waals surface area contributed by atoms with Gasteiger partial charge >= 0.3 is 0 Å². The second-order valence-electron chi connectivity index (χ2n) is 6.06. The van der Waals surface area contributed by atoms with E-state index in [0.29, 0.717) is 12.1 Å². The van der Waals surface area contributed by atoms with E-state index in [-0.39, 0.29) is 5.91 Å². The van der Waals surface area contributed by atoms with Gasteiger partial charge in [0, 0.05) is 25.8 Å². The molecule has 0 radical (unpaired) electrons. The van der Waals surface area contributed by atoms with Gasteiger partial charge < -0.3 is 10.2 Å². The molecule has 0 saturated carbocycles. The number of anilines is 1. The van der Waals surface area contributed by atoms with E-state index in [2.05, 4.69) is 35.1 Å². The van der Waals surface area contributed by atoms with Crippen molar-refractivity contribution in [2.45, 2.75) is 40.2 Å². The maximum absolute atomic E-state index is 12.3. The van der Waals surface area contributed by atoms with Crippen LogP contribution in [0.1, 0.15) is 48.2 Å². The van der Waals surface area contributed by atoms with Gasteiger partial charge in [-0.2, -0.15) is 0 Å². The van der Waals surface area contributed by atoms with Gasteiger partial charge in [0.05, 0.1) is 5.56 Å². The molecule has 128 valence electrons. The molecule has 0 bridgehead atoms. The molecule has 1 aromatic carbocycles. The summed E-state index contributed by atoms with van der Waals surface area (Å²) in [6.45, 7) is 8.87. The van der Waals surface area contributed by atoms with Crippen molar-refractivity contribution >= 4 is 11.7 Å². The van der Waals surface area contributed by atoms with E-state index in [9.17, 15) is 4.79 Å². The largest absolute Gasteiger partial charge is 0.357 e. The van der Waals surface area contributed by atoms with Gasteiger partial charge in [-0.1, -0.05) is 43.7 Å². The van der Waals surface area contributed by atoms with Crippen LogP contribution in [0.15, 0.2) is 42.6 Å². The Morgan fingerprint density at radius 3 is 2.46 bits per heavy atom. The standard InChI is InChI=1S/C20H27N3O/c1-4-11-23(12-5-2)19-10-9-18(15-21-19)20(24)22-14-17-8-6-7-16(3)13-17/h6-10,13,15H,4-5,11-12,14H2,1-3H3,(H,22,24). The predicted octanol–water partition coefficient (Wildman–Crippen LogP) is 3.95. The number of aryl methyl sites for hydroxylation is 1. The number of carbonyl (C=O) groups excluding carboxylic acids is 1. The summed E-state index contributed by atoms with van der Waals surface area (Å²) < 4.78 is 0. The third-order valence-corrected chi connectivity index (χ3v) is 3.86. The zero-order valence-electron chi connectivity index (χ0n) is 14.9. The molecule has 0 spiro atoms. The second-order valence-corrected chi connectivity index (χ2v) is 6.06. The Kier molecular flexibility index (Phi) is 6.79. The van der Waals surface area contributed by atoms with Crippen molar-refractivity contribution in [2.24, 2.45) is 0 Å². The van der Waals surface area contributed by atoms with Gasteiger partial charge in [0.15, 0.2) is 0 Å². The van der Waals surface area contributed by atoms with Gasteiger partial charge in [-0.3, -0.25) is 4.79 Å². The van der Waals surface area contributed by atoms with Gasteiger partial charge in [-0.05, 0) is 37.5 Å². The number of rotatable bonds is 8. The minimum absolute atomic E-state index is 0.0897. The third-order valence-electron chi connectivity index (χ3n) is 3.86. The number of aromatic nitrogens is 1. The Morgan fingerprint density at radius 1 is 1.12 bits per heavy atom. The number of hydrogen-bond donors (Lipinski definition) is 1. The minimum Gasteiger partial charge on any atom is -0.357 e. The lowest BCUT2D eigenvalue weighted by Gasteiger charge is -2.22. The van der Waals surface area contributed by atoms with Crippen LogP contribution in [-0.4, -0.2) is 24.0 Å². The van der Waals surface area contributed by atoms with E-state index in [1.165, 1.54) is 5.56 Å². The molecule has 0 aliphatic heterocycles. The Bertz CT molecular complexity index is 646. The Labute approximate surface area is 144 Å². The van der Waals surface area contributed by atoms with Crippen LogP contribution in [0.3, 0.4) is 0 Å². The maximum atomic E-state index is 12.3. The van der Waals surface area contributed by atoms with Gasteiger partial charge in [0.2, 0.25) is 0 Å². The second kappa shape index (κ2) is 9.06. The maximum Gasteiger partial charge on any atom is 0.253 e. The van der Waals surface area contributed by atoms with Crippen LogP contribution in [0.5, 0.6) is 0 Å². The molecule has 0 unspecified atom stereocenters. The highest BCUT2D eigenvalue weighted by Crippen LogP contribution is 2.13. The Hall–Kier alpha value is -2.36. The number of carbonyl (C=O) groups is 1. The van der Waals surface area contributed by atoms with Gasteiger partial charge in [0.1, 0.15) is 5.82 Å². The fraction of sp³-hybridized carbons (Fsp3) is 0.400. The van der Waals surface area contributed by atoms with E-state index in [4.69, 9.17) is 0 Å². The van der Waals surface area contributed by atoms with Crippen LogP contribution in [0.2, 0.25) is 0 Å². The zero-order chi connectivity index (χ0) is 17.4. The number of benzene rings is 1. The molecule has 1 amide bonds. The minimum atomic E-state index is -0.0897. The molecule has 4 heteroatoms. The quantitative estimate of drug-likeness (QED) is 0.799. The third kappa shape index (κ3) is 5.08. The van der Waals surface area contributed by atoms with E-state index in [1.54, 1.807) is 6.20 Å². The van der Waals surface area contributed by atoms with E-state index in [0.717, 1.165) is 37.3 Å². The lowest BCUT2D eigenvalue weighted by molar-refractivity contribution is 0.0950. The summed E-state index contributed by atoms with van der Waals surface area (Å²) in [6, 6.07) is 11.9. The lowest BCUT2D eigenvalue weighted by Crippen LogP contribution is -2.26. The lowest BCUT2D eigenvalue weighted by atomic mass is 10.1. The highest BCUT2D eigenvalue weighted by molar-refractivity contribution is 5.94. The van der Waals surface area contributed by atoms with Crippen LogP contribution in [0, 0.1) is 6.92 Å². The molecule has 1 aromatic heterocycles. The molecule has 0 fully saturated rings. The average molecular weight is 325 g/mol. The summed E-state index contributed by atoms with van der Waals surface area (Å²) >= 11 is 0. The number of pyridine rings is 1. The van der Waals surface area contributed by atoms with E-state index in [1.807, 2.05) is 37.3 Å². The van der Waals surface area contributed by atoms with Crippen LogP contribution in [0.4, 0.5) is 5.82 Å². The molecule has 0 aliphatic carbocycles. The molecule has 0 saturated heterocycles. The molecular weight excluding hydrogens is 298 g/mol. The van der Waals surface area contributed by atoms with Crippen molar-refractivity contribution in [3.63, 3.8) is 0 Å². The zero-order valence-corrected chi connectivity index (χ0v) is 14.9. The number of amides is 1. The number of nitrogens with zero attached hydrogens (tertiary/aromatic N) is 2. The predicted molar refractivity (Wildman–Crippen MR) is 99.4 cm³/mol. The molecular formula is C20H27N3O. The summed E-state index contributed by atoms with van der Waals surface area (Å²) in [5.41, 5.74) is 2.89. The summed E-state index contributed by atoms with van der Waals surface area (Å²) in [5.74, 6) is 0.849. The molecule has 1 N–H and O–H groups in total. The molecule has 4 nitrogen and oxygen atoms in total. The number of nitrogens with one attached hydrogen (secondary N) is 1. The molecule has 1 heterocycles. The molecule has 2 aromatic rings. The van der Waals surface area contributed by atoms with Crippen molar-refractivity contribution in [1.82, 2.24) is 10.3 Å². The molecule has 2 rings (SSSR count). The number of hydrogen-bond acceptors (Lipinski definition) is 3. The normalized spacial score (nSPS) is 10.5. The fourth-order valence-electron chi connectivity index (χ4n) is 2.69. The van der Waals surface area contributed by atoms with Crippen LogP contribution >= 0.6 is 0 Å².